The molecule has 2 N–H and O–H groups in total. The molecule has 0 spiro atoms. The first kappa shape index (κ1) is 54.7. The number of aryl methyl sites for hydroxylation is 4. The average molecular weight is 764 g/mol. The number of carbonyl (C=O) groups excluding carboxylic acids is 5. The summed E-state index contributed by atoms with van der Waals surface area (Å²) >= 11 is 0. The van der Waals surface area contributed by atoms with Gasteiger partial charge in [0, 0.05) is 31.2 Å². The number of nitrogens with one attached hydrogen (secondary N) is 1. The zero-order valence-electron chi connectivity index (χ0n) is 29.2. The summed E-state index contributed by atoms with van der Waals surface area (Å²) in [6, 6.07) is 8.91. The first-order chi connectivity index (χ1) is 21.7. The van der Waals surface area contributed by atoms with Crippen molar-refractivity contribution in [3.05, 3.63) is 80.6 Å². The Morgan fingerprint density at radius 3 is 2.06 bits per heavy atom. The molecular weight excluding hydrogens is 710 g/mol. The van der Waals surface area contributed by atoms with Crippen molar-refractivity contribution in [1.82, 2.24) is 5.32 Å². The Morgan fingerprint density at radius 2 is 1.51 bits per heavy atom. The molecule has 0 saturated carbocycles. The Hall–Kier alpha value is -3.06. The fraction of sp³-hybridized carbons (Fsp3) is 0.459. The number of aliphatic hydroxyl groups is 1. The molecule has 2 aromatic rings. The molecule has 1 atom stereocenters. The van der Waals surface area contributed by atoms with Crippen molar-refractivity contribution in [2.45, 2.75) is 94.5 Å². The van der Waals surface area contributed by atoms with Crippen molar-refractivity contribution in [3.8, 4) is 0 Å². The number of Topliss-reactive ketones (excluding diaryl/α,β-unsaturated/α-hetero) is 1. The summed E-state index contributed by atoms with van der Waals surface area (Å²) in [5, 5.41) is 20.9. The zero-order valence-corrected chi connectivity index (χ0v) is 32.8. The van der Waals surface area contributed by atoms with Gasteiger partial charge in [-0.1, -0.05) is 33.1 Å². The van der Waals surface area contributed by atoms with E-state index >= 15 is 0 Å². The maximum Gasteiger partial charge on any atom is 1.00 e. The van der Waals surface area contributed by atoms with Crippen LogP contribution in [0.3, 0.4) is 0 Å². The molecule has 0 amide bonds. The van der Waals surface area contributed by atoms with Crippen LogP contribution in [-0.2, 0) is 46.3 Å². The molecule has 0 aromatic heterocycles. The van der Waals surface area contributed by atoms with Crippen molar-refractivity contribution in [2.24, 2.45) is 4.99 Å². The van der Waals surface area contributed by atoms with Gasteiger partial charge in [0.2, 0.25) is 0 Å². The van der Waals surface area contributed by atoms with Crippen molar-refractivity contribution in [3.63, 3.8) is 0 Å². The number of cyclic esters (lactones) is 2. The third-order valence-electron chi connectivity index (χ3n) is 7.32. The van der Waals surface area contributed by atoms with Crippen LogP contribution in [0.5, 0.6) is 0 Å². The van der Waals surface area contributed by atoms with Crippen LogP contribution in [0.25, 0.3) is 0 Å². The van der Waals surface area contributed by atoms with E-state index in [1.165, 1.54) is 44.5 Å². The van der Waals surface area contributed by atoms with Crippen LogP contribution in [0.2, 0.25) is 0 Å². The molecule has 0 saturated heterocycles. The van der Waals surface area contributed by atoms with Gasteiger partial charge < -0.3 is 29.8 Å². The molecule has 0 bridgehead atoms. The molecule has 280 valence electrons. The van der Waals surface area contributed by atoms with E-state index < -0.39 is 23.9 Å². The standard InChI is InChI=1S/C17H23NO3.C11H13N.C5H4O4.C2H4O2.2CH4.2ClH.Na/c1-4-21-17(20)10-14(19)9-16-15-8-12(3)11(2)7-13(15)5-6-18-16;1-8-5-10-3-4-12-7-11(10)6-9(8)2;6-3-1-4(7)9-5(8)2-3;1-2(3)4;;;;;/h7-8,16,18H,4-6,9-10H2,1-3H3;5-7H,3-4H2,1-2H3;1,6H,2H2;1H3,(H,3,4);2*1H4;2*1H;/q;;;;;;;;+1/p-1. The molecule has 5 rings (SSSR count). The number of ketones is 1. The Morgan fingerprint density at radius 1 is 0.961 bits per heavy atom. The number of carbonyl (C=O) groups is 5. The normalized spacial score (nSPS) is 14.3. The Balaban J connectivity index is -0.000000316. The third kappa shape index (κ3) is 19.9. The van der Waals surface area contributed by atoms with E-state index in [2.05, 4.69) is 67.0 Å². The maximum absolute atomic E-state index is 12.0. The molecule has 0 aliphatic carbocycles. The number of fused-ring (bicyclic) bond motifs is 2. The molecule has 2 aromatic carbocycles. The van der Waals surface area contributed by atoms with Gasteiger partial charge in [-0.2, -0.15) is 0 Å². The molecule has 3 aliphatic heterocycles. The minimum absolute atomic E-state index is 0. The summed E-state index contributed by atoms with van der Waals surface area (Å²) in [5.74, 6) is -3.34. The molecule has 0 radical (unpaired) electrons. The molecule has 11 nitrogen and oxygen atoms in total. The van der Waals surface area contributed by atoms with Crippen molar-refractivity contribution < 1.29 is 73.2 Å². The Kier molecular flexibility index (Phi) is 29.6. The number of halogens is 2. The van der Waals surface area contributed by atoms with Gasteiger partial charge in [0.25, 0.3) is 0 Å². The minimum atomic E-state index is -1.08. The SMILES string of the molecule is C.C.CC(=O)[O-].CCOC(=O)CC(=O)CC1NCCc2cc(C)c(C)cc21.Cc1cc2c(cc1C)CCN=C2.Cl.Cl.O=C1C=C(O)CC(=O)O1.[Na+]. The first-order valence-corrected chi connectivity index (χ1v) is 15.1. The summed E-state index contributed by atoms with van der Waals surface area (Å²) in [4.78, 5) is 57.0. The van der Waals surface area contributed by atoms with E-state index in [0.717, 1.165) is 38.9 Å². The Bertz CT molecular complexity index is 1520. The summed E-state index contributed by atoms with van der Waals surface area (Å²) in [6.07, 6.45) is 4.96. The second-order valence-electron chi connectivity index (χ2n) is 11.1. The number of hydrogen-bond acceptors (Lipinski definition) is 11. The molecular formula is C37H53Cl2N2NaO9. The van der Waals surface area contributed by atoms with Crippen LogP contribution in [0.15, 0.2) is 41.1 Å². The van der Waals surface area contributed by atoms with Crippen molar-refractivity contribution >= 4 is 60.7 Å². The summed E-state index contributed by atoms with van der Waals surface area (Å²) in [6.45, 7) is 13.4. The van der Waals surface area contributed by atoms with E-state index in [9.17, 15) is 19.2 Å². The minimum Gasteiger partial charge on any atom is -0.550 e. The number of ether oxygens (including phenoxy) is 2. The van der Waals surface area contributed by atoms with Crippen LogP contribution in [-0.4, -0.2) is 60.7 Å². The summed E-state index contributed by atoms with van der Waals surface area (Å²) in [5.41, 5.74) is 10.5. The van der Waals surface area contributed by atoms with Crippen LogP contribution < -0.4 is 40.0 Å². The largest absolute Gasteiger partial charge is 1.00 e. The van der Waals surface area contributed by atoms with E-state index in [4.69, 9.17) is 19.7 Å². The van der Waals surface area contributed by atoms with Gasteiger partial charge in [-0.25, -0.2) is 4.79 Å². The number of rotatable bonds is 5. The number of hydrogen-bond donors (Lipinski definition) is 2. The first-order valence-electron chi connectivity index (χ1n) is 15.1. The van der Waals surface area contributed by atoms with E-state index in [1.807, 2.05) is 6.21 Å². The quantitative estimate of drug-likeness (QED) is 0.262. The molecule has 14 heteroatoms. The number of esters is 3. The second kappa shape index (κ2) is 27.6. The van der Waals surface area contributed by atoms with Gasteiger partial charge in [-0.3, -0.25) is 19.4 Å². The van der Waals surface area contributed by atoms with Crippen LogP contribution >= 0.6 is 24.8 Å². The number of carboxylic acids is 1. The monoisotopic (exact) mass is 762 g/mol. The van der Waals surface area contributed by atoms with Gasteiger partial charge in [0.15, 0.2) is 0 Å². The number of aliphatic imine (C=N–C) groups is 1. The van der Waals surface area contributed by atoms with Gasteiger partial charge in [0.1, 0.15) is 24.4 Å². The van der Waals surface area contributed by atoms with Crippen LogP contribution in [0, 0.1) is 27.7 Å². The van der Waals surface area contributed by atoms with Crippen molar-refractivity contribution in [2.75, 3.05) is 19.7 Å². The number of aliphatic hydroxyl groups excluding tert-OH is 1. The third-order valence-corrected chi connectivity index (χ3v) is 7.32. The molecule has 51 heavy (non-hydrogen) atoms. The summed E-state index contributed by atoms with van der Waals surface area (Å²) < 4.78 is 8.87. The summed E-state index contributed by atoms with van der Waals surface area (Å²) in [7, 11) is 0. The maximum atomic E-state index is 12.0. The van der Waals surface area contributed by atoms with Crippen LogP contribution in [0.4, 0.5) is 0 Å². The molecule has 0 fully saturated rings. The Labute approximate surface area is 337 Å². The fourth-order valence-corrected chi connectivity index (χ4v) is 4.88. The fourth-order valence-electron chi connectivity index (χ4n) is 4.88. The van der Waals surface area contributed by atoms with E-state index in [0.29, 0.717) is 13.0 Å². The smallest absolute Gasteiger partial charge is 0.550 e. The van der Waals surface area contributed by atoms with Crippen molar-refractivity contribution in [1.29, 1.82) is 0 Å². The topological polar surface area (TPSA) is 171 Å². The number of carboxylic acid groups (broad SMARTS) is 1. The molecule has 3 aliphatic rings. The number of benzene rings is 2. The van der Waals surface area contributed by atoms with Crippen LogP contribution in [0.1, 0.15) is 98.5 Å². The number of nitrogens with zero attached hydrogens (tertiary/aromatic N) is 1. The van der Waals surface area contributed by atoms with E-state index in [-0.39, 0.29) is 99.7 Å². The molecule has 1 unspecified atom stereocenters. The van der Waals surface area contributed by atoms with Gasteiger partial charge >= 0.3 is 47.5 Å². The average Bonchev–Trinajstić information content (AvgIpc) is 2.94. The van der Waals surface area contributed by atoms with Gasteiger partial charge in [-0.05, 0) is 112 Å². The van der Waals surface area contributed by atoms with Gasteiger partial charge in [-0.15, -0.1) is 24.8 Å². The molecule has 3 heterocycles. The predicted octanol–water partition coefficient (Wildman–Crippen LogP) is 2.46. The zero-order chi connectivity index (χ0) is 34.4. The van der Waals surface area contributed by atoms with Gasteiger partial charge in [0.05, 0.1) is 12.7 Å². The predicted molar refractivity (Wildman–Crippen MR) is 198 cm³/mol. The number of aliphatic carboxylic acids is 1. The van der Waals surface area contributed by atoms with E-state index in [1.54, 1.807) is 6.92 Å². The second-order valence-corrected chi connectivity index (χ2v) is 11.1.